The second-order valence-corrected chi connectivity index (χ2v) is 6.78. The normalized spacial score (nSPS) is 11.1. The van der Waals surface area contributed by atoms with E-state index in [4.69, 9.17) is 23.2 Å². The van der Waals surface area contributed by atoms with Crippen LogP contribution in [-0.2, 0) is 13.6 Å². The molecule has 1 aromatic carbocycles. The van der Waals surface area contributed by atoms with E-state index in [1.165, 1.54) is 9.13 Å². The largest absolute Gasteiger partial charge is 0.364 e. The summed E-state index contributed by atoms with van der Waals surface area (Å²) in [5, 5.41) is 4.02. The Balaban J connectivity index is 1.78. The lowest BCUT2D eigenvalue weighted by Crippen LogP contribution is -2.21. The first-order valence-electron chi connectivity index (χ1n) is 8.23. The van der Waals surface area contributed by atoms with Crippen molar-refractivity contribution in [2.24, 2.45) is 7.05 Å². The highest BCUT2D eigenvalue weighted by Gasteiger charge is 2.18. The standard InChI is InChI=1S/C19H15Cl2N5O/c1-25-18-15(26(19(25)27)17-13(20)6-4-7-14(17)21)8-9-16(24-18)23-11-12-5-2-3-10-22-12/h2-10H,11H2,1H3,(H,23,24). The van der Waals surface area contributed by atoms with Crippen LogP contribution in [0.4, 0.5) is 5.82 Å². The molecule has 0 bridgehead atoms. The number of anilines is 1. The molecule has 6 nitrogen and oxygen atoms in total. The topological polar surface area (TPSA) is 64.7 Å². The van der Waals surface area contributed by atoms with Gasteiger partial charge in [-0.3, -0.25) is 14.1 Å². The third kappa shape index (κ3) is 3.18. The van der Waals surface area contributed by atoms with Gasteiger partial charge in [0, 0.05) is 13.2 Å². The number of imidazole rings is 1. The van der Waals surface area contributed by atoms with E-state index in [2.05, 4.69) is 15.3 Å². The van der Waals surface area contributed by atoms with Crippen LogP contribution >= 0.6 is 23.2 Å². The van der Waals surface area contributed by atoms with Crippen LogP contribution in [0.2, 0.25) is 10.0 Å². The Morgan fingerprint density at radius 1 is 1.04 bits per heavy atom. The maximum Gasteiger partial charge on any atom is 0.334 e. The van der Waals surface area contributed by atoms with Crippen LogP contribution in [0.5, 0.6) is 0 Å². The first-order chi connectivity index (χ1) is 13.1. The fourth-order valence-corrected chi connectivity index (χ4v) is 3.47. The number of para-hydroxylation sites is 1. The minimum Gasteiger partial charge on any atom is -0.364 e. The molecule has 0 aliphatic carbocycles. The number of hydrogen-bond donors (Lipinski definition) is 1. The third-order valence-corrected chi connectivity index (χ3v) is 4.84. The average Bonchev–Trinajstić information content (AvgIpc) is 2.92. The molecule has 4 aromatic rings. The molecule has 0 radical (unpaired) electrons. The molecular formula is C19H15Cl2N5O. The minimum absolute atomic E-state index is 0.269. The van der Waals surface area contributed by atoms with Gasteiger partial charge in [0.2, 0.25) is 0 Å². The molecule has 0 saturated heterocycles. The monoisotopic (exact) mass is 399 g/mol. The minimum atomic E-state index is -0.269. The number of rotatable bonds is 4. The zero-order chi connectivity index (χ0) is 19.0. The van der Waals surface area contributed by atoms with Crippen molar-refractivity contribution in [3.8, 4) is 5.69 Å². The van der Waals surface area contributed by atoms with Gasteiger partial charge in [0.05, 0.1) is 33.5 Å². The first-order valence-corrected chi connectivity index (χ1v) is 8.98. The zero-order valence-electron chi connectivity index (χ0n) is 14.4. The molecule has 4 rings (SSSR count). The predicted molar refractivity (Wildman–Crippen MR) is 108 cm³/mol. The van der Waals surface area contributed by atoms with Crippen molar-refractivity contribution >= 4 is 40.2 Å². The van der Waals surface area contributed by atoms with Crippen LogP contribution in [0.15, 0.2) is 59.5 Å². The number of fused-ring (bicyclic) bond motifs is 1. The lowest BCUT2D eigenvalue weighted by Gasteiger charge is -2.08. The van der Waals surface area contributed by atoms with Gasteiger partial charge in [-0.15, -0.1) is 0 Å². The van der Waals surface area contributed by atoms with Gasteiger partial charge in [-0.05, 0) is 36.4 Å². The van der Waals surface area contributed by atoms with E-state index < -0.39 is 0 Å². The summed E-state index contributed by atoms with van der Waals surface area (Å²) in [6.45, 7) is 0.532. The summed E-state index contributed by atoms with van der Waals surface area (Å²) in [6, 6.07) is 14.5. The smallest absolute Gasteiger partial charge is 0.334 e. The second kappa shape index (κ2) is 7.06. The van der Waals surface area contributed by atoms with Crippen LogP contribution in [0.25, 0.3) is 16.9 Å². The number of pyridine rings is 2. The average molecular weight is 400 g/mol. The van der Waals surface area contributed by atoms with Gasteiger partial charge in [-0.25, -0.2) is 9.78 Å². The molecule has 136 valence electrons. The van der Waals surface area contributed by atoms with Gasteiger partial charge in [0.1, 0.15) is 5.82 Å². The molecule has 8 heteroatoms. The lowest BCUT2D eigenvalue weighted by atomic mass is 10.3. The number of aryl methyl sites for hydroxylation is 1. The molecule has 0 aliphatic heterocycles. The van der Waals surface area contributed by atoms with Crippen LogP contribution in [0.3, 0.4) is 0 Å². The summed E-state index contributed by atoms with van der Waals surface area (Å²) < 4.78 is 2.95. The number of aromatic nitrogens is 4. The van der Waals surface area contributed by atoms with E-state index in [0.29, 0.717) is 39.3 Å². The second-order valence-electron chi connectivity index (χ2n) is 5.96. The lowest BCUT2D eigenvalue weighted by molar-refractivity contribution is 0.839. The maximum atomic E-state index is 12.8. The van der Waals surface area contributed by atoms with Crippen molar-refractivity contribution in [3.05, 3.63) is 81.0 Å². The third-order valence-electron chi connectivity index (χ3n) is 4.23. The Labute approximate surface area is 165 Å². The summed E-state index contributed by atoms with van der Waals surface area (Å²) in [5.74, 6) is 0.645. The molecule has 0 aliphatic rings. The van der Waals surface area contributed by atoms with E-state index in [-0.39, 0.29) is 5.69 Å². The van der Waals surface area contributed by atoms with E-state index in [1.54, 1.807) is 31.4 Å². The molecule has 3 aromatic heterocycles. The van der Waals surface area contributed by atoms with Gasteiger partial charge in [0.25, 0.3) is 0 Å². The number of halogens is 2. The molecule has 0 spiro atoms. The number of nitrogens with zero attached hydrogens (tertiary/aromatic N) is 4. The fraction of sp³-hybridized carbons (Fsp3) is 0.105. The highest BCUT2D eigenvalue weighted by molar-refractivity contribution is 6.37. The Morgan fingerprint density at radius 3 is 2.52 bits per heavy atom. The summed E-state index contributed by atoms with van der Waals surface area (Å²) in [7, 11) is 1.67. The molecule has 0 saturated carbocycles. The van der Waals surface area contributed by atoms with Crippen molar-refractivity contribution in [2.75, 3.05) is 5.32 Å². The van der Waals surface area contributed by atoms with Crippen LogP contribution in [0.1, 0.15) is 5.69 Å². The van der Waals surface area contributed by atoms with Crippen molar-refractivity contribution in [1.82, 2.24) is 19.1 Å². The van der Waals surface area contributed by atoms with Gasteiger partial charge in [-0.2, -0.15) is 0 Å². The first kappa shape index (κ1) is 17.6. The van der Waals surface area contributed by atoms with E-state index in [9.17, 15) is 4.79 Å². The van der Waals surface area contributed by atoms with Crippen molar-refractivity contribution in [2.45, 2.75) is 6.54 Å². The van der Waals surface area contributed by atoms with E-state index in [1.807, 2.05) is 30.3 Å². The van der Waals surface area contributed by atoms with Crippen molar-refractivity contribution in [3.63, 3.8) is 0 Å². The molecule has 0 unspecified atom stereocenters. The maximum absolute atomic E-state index is 12.8. The van der Waals surface area contributed by atoms with Crippen molar-refractivity contribution in [1.29, 1.82) is 0 Å². The predicted octanol–water partition coefficient (Wildman–Crippen LogP) is 4.04. The Bertz CT molecular complexity index is 1160. The van der Waals surface area contributed by atoms with E-state index in [0.717, 1.165) is 5.69 Å². The number of benzene rings is 1. The molecule has 27 heavy (non-hydrogen) atoms. The Hall–Kier alpha value is -2.83. The molecule has 0 fully saturated rings. The number of hydrogen-bond acceptors (Lipinski definition) is 4. The van der Waals surface area contributed by atoms with Crippen LogP contribution in [-0.4, -0.2) is 19.1 Å². The molecule has 0 atom stereocenters. The van der Waals surface area contributed by atoms with Crippen molar-refractivity contribution < 1.29 is 0 Å². The van der Waals surface area contributed by atoms with Crippen LogP contribution in [0, 0.1) is 0 Å². The summed E-state index contributed by atoms with van der Waals surface area (Å²) in [5.41, 5.74) is 2.23. The summed E-state index contributed by atoms with van der Waals surface area (Å²) in [6.07, 6.45) is 1.74. The molecular weight excluding hydrogens is 385 g/mol. The van der Waals surface area contributed by atoms with Gasteiger partial charge in [0.15, 0.2) is 5.65 Å². The summed E-state index contributed by atoms with van der Waals surface area (Å²) in [4.78, 5) is 21.7. The fourth-order valence-electron chi connectivity index (χ4n) is 2.91. The molecule has 1 N–H and O–H groups in total. The van der Waals surface area contributed by atoms with E-state index >= 15 is 0 Å². The van der Waals surface area contributed by atoms with Gasteiger partial charge < -0.3 is 5.32 Å². The Morgan fingerprint density at radius 2 is 1.81 bits per heavy atom. The summed E-state index contributed by atoms with van der Waals surface area (Å²) >= 11 is 12.6. The Kier molecular flexibility index (Phi) is 4.59. The zero-order valence-corrected chi connectivity index (χ0v) is 15.9. The SMILES string of the molecule is Cn1c(=O)n(-c2c(Cl)cccc2Cl)c2ccc(NCc3ccccn3)nc21. The molecule has 0 amide bonds. The highest BCUT2D eigenvalue weighted by Crippen LogP contribution is 2.30. The highest BCUT2D eigenvalue weighted by atomic mass is 35.5. The molecule has 3 heterocycles. The number of nitrogens with one attached hydrogen (secondary N) is 1. The van der Waals surface area contributed by atoms with Gasteiger partial charge >= 0.3 is 5.69 Å². The van der Waals surface area contributed by atoms with Gasteiger partial charge in [-0.1, -0.05) is 35.3 Å². The van der Waals surface area contributed by atoms with Crippen LogP contribution < -0.4 is 11.0 Å². The quantitative estimate of drug-likeness (QED) is 0.562.